The molecule has 0 atom stereocenters. The summed E-state index contributed by atoms with van der Waals surface area (Å²) in [7, 11) is 1.70. The molecule has 0 bridgehead atoms. The third-order valence-electron chi connectivity index (χ3n) is 3.19. The first-order valence-electron chi connectivity index (χ1n) is 7.19. The number of unbranched alkanes of at least 4 members (excludes halogenated alkanes) is 3. The van der Waals surface area contributed by atoms with Crippen LogP contribution < -0.4 is 10.1 Å². The third-order valence-corrected chi connectivity index (χ3v) is 3.92. The van der Waals surface area contributed by atoms with Gasteiger partial charge < -0.3 is 10.1 Å². The molecule has 1 aromatic rings. The van der Waals surface area contributed by atoms with Gasteiger partial charge in [-0.3, -0.25) is 0 Å². The zero-order valence-electron chi connectivity index (χ0n) is 12.3. The highest BCUT2D eigenvalue weighted by molar-refractivity contribution is 9.10. The number of rotatable bonds is 9. The van der Waals surface area contributed by atoms with Crippen LogP contribution in [-0.2, 0) is 6.42 Å². The van der Waals surface area contributed by atoms with Gasteiger partial charge >= 0.3 is 0 Å². The minimum absolute atomic E-state index is 0.607. The molecule has 19 heavy (non-hydrogen) atoms. The quantitative estimate of drug-likeness (QED) is 0.671. The standard InChI is InChI=1S/C16H26BrNO/c1-13(2)18-11-7-5-4-6-8-14-9-10-15(19-3)12-16(14)17/h9-10,12-13,18H,4-8,11H2,1-3H3. The molecule has 1 aromatic carbocycles. The Balaban J connectivity index is 2.15. The number of halogens is 1. The smallest absolute Gasteiger partial charge is 0.120 e. The van der Waals surface area contributed by atoms with E-state index >= 15 is 0 Å². The van der Waals surface area contributed by atoms with Crippen LogP contribution in [0, 0.1) is 0 Å². The van der Waals surface area contributed by atoms with Gasteiger partial charge in [-0.25, -0.2) is 0 Å². The molecule has 3 heteroatoms. The van der Waals surface area contributed by atoms with Gasteiger partial charge in [-0.1, -0.05) is 48.7 Å². The molecular weight excluding hydrogens is 302 g/mol. The maximum atomic E-state index is 5.20. The minimum Gasteiger partial charge on any atom is -0.497 e. The fourth-order valence-corrected chi connectivity index (χ4v) is 2.60. The van der Waals surface area contributed by atoms with Gasteiger partial charge in [-0.05, 0) is 43.5 Å². The molecule has 0 aromatic heterocycles. The lowest BCUT2D eigenvalue weighted by Crippen LogP contribution is -2.23. The molecule has 0 saturated carbocycles. The number of aryl methyl sites for hydroxylation is 1. The maximum Gasteiger partial charge on any atom is 0.120 e. The van der Waals surface area contributed by atoms with Gasteiger partial charge in [0.1, 0.15) is 5.75 Å². The lowest BCUT2D eigenvalue weighted by Gasteiger charge is -2.08. The summed E-state index contributed by atoms with van der Waals surface area (Å²) in [5.74, 6) is 0.912. The Morgan fingerprint density at radius 3 is 2.53 bits per heavy atom. The van der Waals surface area contributed by atoms with Gasteiger partial charge in [0.15, 0.2) is 0 Å². The van der Waals surface area contributed by atoms with E-state index in [1.165, 1.54) is 31.2 Å². The molecule has 0 heterocycles. The van der Waals surface area contributed by atoms with E-state index in [9.17, 15) is 0 Å². The van der Waals surface area contributed by atoms with Crippen LogP contribution in [0.5, 0.6) is 5.75 Å². The molecule has 0 spiro atoms. The van der Waals surface area contributed by atoms with Crippen LogP contribution in [0.25, 0.3) is 0 Å². The first kappa shape index (κ1) is 16.5. The number of benzene rings is 1. The summed E-state index contributed by atoms with van der Waals surface area (Å²) in [6.45, 7) is 5.53. The van der Waals surface area contributed by atoms with Crippen LogP contribution in [0.15, 0.2) is 22.7 Å². The van der Waals surface area contributed by atoms with E-state index in [1.807, 2.05) is 12.1 Å². The number of hydrogen-bond donors (Lipinski definition) is 1. The predicted octanol–water partition coefficient (Wildman–Crippen LogP) is 4.56. The van der Waals surface area contributed by atoms with Crippen molar-refractivity contribution < 1.29 is 4.74 Å². The Hall–Kier alpha value is -0.540. The Kier molecular flexibility index (Phi) is 8.15. The molecule has 0 amide bonds. The summed E-state index contributed by atoms with van der Waals surface area (Å²) in [5, 5.41) is 3.45. The first-order chi connectivity index (χ1) is 9.13. The van der Waals surface area contributed by atoms with Crippen LogP contribution in [-0.4, -0.2) is 19.7 Å². The molecule has 0 unspecified atom stereocenters. The van der Waals surface area contributed by atoms with E-state index in [1.54, 1.807) is 7.11 Å². The first-order valence-corrected chi connectivity index (χ1v) is 7.98. The molecule has 108 valence electrons. The molecule has 0 aliphatic carbocycles. The van der Waals surface area contributed by atoms with Crippen molar-refractivity contribution in [2.45, 2.75) is 52.0 Å². The van der Waals surface area contributed by atoms with Crippen molar-refractivity contribution in [2.75, 3.05) is 13.7 Å². The number of nitrogens with one attached hydrogen (secondary N) is 1. The van der Waals surface area contributed by atoms with Crippen LogP contribution in [0.4, 0.5) is 0 Å². The van der Waals surface area contributed by atoms with Gasteiger partial charge in [0, 0.05) is 10.5 Å². The fourth-order valence-electron chi connectivity index (χ4n) is 2.04. The number of methoxy groups -OCH3 is 1. The highest BCUT2D eigenvalue weighted by Crippen LogP contribution is 2.24. The lowest BCUT2D eigenvalue weighted by molar-refractivity contribution is 0.414. The summed E-state index contributed by atoms with van der Waals surface area (Å²) >= 11 is 3.61. The molecule has 1 N–H and O–H groups in total. The monoisotopic (exact) mass is 327 g/mol. The largest absolute Gasteiger partial charge is 0.497 e. The van der Waals surface area contributed by atoms with E-state index in [0.717, 1.165) is 23.2 Å². The maximum absolute atomic E-state index is 5.20. The van der Waals surface area contributed by atoms with Crippen LogP contribution in [0.1, 0.15) is 45.1 Å². The molecular formula is C16H26BrNO. The molecule has 0 saturated heterocycles. The van der Waals surface area contributed by atoms with Crippen LogP contribution in [0.2, 0.25) is 0 Å². The highest BCUT2D eigenvalue weighted by Gasteiger charge is 2.02. The van der Waals surface area contributed by atoms with Crippen molar-refractivity contribution in [3.8, 4) is 5.75 Å². The van der Waals surface area contributed by atoms with Crippen molar-refractivity contribution in [2.24, 2.45) is 0 Å². The Bertz CT molecular complexity index is 366. The summed E-state index contributed by atoms with van der Waals surface area (Å²) in [6.07, 6.45) is 6.29. The van der Waals surface area contributed by atoms with Crippen molar-refractivity contribution in [1.82, 2.24) is 5.32 Å². The minimum atomic E-state index is 0.607. The molecule has 0 radical (unpaired) electrons. The summed E-state index contributed by atoms with van der Waals surface area (Å²) in [4.78, 5) is 0. The fraction of sp³-hybridized carbons (Fsp3) is 0.625. The highest BCUT2D eigenvalue weighted by atomic mass is 79.9. The topological polar surface area (TPSA) is 21.3 Å². The van der Waals surface area contributed by atoms with Gasteiger partial charge in [0.2, 0.25) is 0 Å². The normalized spacial score (nSPS) is 11.0. The summed E-state index contributed by atoms with van der Waals surface area (Å²) in [6, 6.07) is 6.84. The third kappa shape index (κ3) is 6.98. The van der Waals surface area contributed by atoms with Gasteiger partial charge in [0.25, 0.3) is 0 Å². The molecule has 0 aliphatic heterocycles. The average molecular weight is 328 g/mol. The Morgan fingerprint density at radius 2 is 1.89 bits per heavy atom. The summed E-state index contributed by atoms with van der Waals surface area (Å²) in [5.41, 5.74) is 1.38. The zero-order chi connectivity index (χ0) is 14.1. The molecule has 0 aliphatic rings. The predicted molar refractivity (Wildman–Crippen MR) is 86.0 cm³/mol. The van der Waals surface area contributed by atoms with E-state index in [4.69, 9.17) is 4.74 Å². The van der Waals surface area contributed by atoms with E-state index in [-0.39, 0.29) is 0 Å². The van der Waals surface area contributed by atoms with Crippen molar-refractivity contribution in [3.63, 3.8) is 0 Å². The average Bonchev–Trinajstić information content (AvgIpc) is 2.38. The van der Waals surface area contributed by atoms with Gasteiger partial charge in [-0.15, -0.1) is 0 Å². The van der Waals surface area contributed by atoms with Crippen molar-refractivity contribution in [1.29, 1.82) is 0 Å². The van der Waals surface area contributed by atoms with Gasteiger partial charge in [-0.2, -0.15) is 0 Å². The molecule has 0 fully saturated rings. The SMILES string of the molecule is COc1ccc(CCCCCCNC(C)C)c(Br)c1. The molecule has 2 nitrogen and oxygen atoms in total. The second kappa shape index (κ2) is 9.38. The van der Waals surface area contributed by atoms with Crippen LogP contribution >= 0.6 is 15.9 Å². The van der Waals surface area contributed by atoms with E-state index in [0.29, 0.717) is 6.04 Å². The van der Waals surface area contributed by atoms with E-state index < -0.39 is 0 Å². The van der Waals surface area contributed by atoms with Crippen LogP contribution in [0.3, 0.4) is 0 Å². The number of ether oxygens (including phenoxy) is 1. The van der Waals surface area contributed by atoms with E-state index in [2.05, 4.69) is 41.2 Å². The second-order valence-electron chi connectivity index (χ2n) is 5.23. The lowest BCUT2D eigenvalue weighted by atomic mass is 10.1. The summed E-state index contributed by atoms with van der Waals surface area (Å²) < 4.78 is 6.36. The zero-order valence-corrected chi connectivity index (χ0v) is 13.9. The Morgan fingerprint density at radius 1 is 1.16 bits per heavy atom. The second-order valence-corrected chi connectivity index (χ2v) is 6.08. The van der Waals surface area contributed by atoms with Crippen molar-refractivity contribution in [3.05, 3.63) is 28.2 Å². The Labute approximate surface area is 126 Å². The molecule has 1 rings (SSSR count). The van der Waals surface area contributed by atoms with Crippen molar-refractivity contribution >= 4 is 15.9 Å². The van der Waals surface area contributed by atoms with Gasteiger partial charge in [0.05, 0.1) is 7.11 Å². The number of hydrogen-bond acceptors (Lipinski definition) is 2.